The van der Waals surface area contributed by atoms with Crippen molar-refractivity contribution in [2.45, 2.75) is 13.1 Å². The molecule has 1 aliphatic heterocycles. The topological polar surface area (TPSA) is 65.1 Å². The number of hydrogen-bond donors (Lipinski definition) is 0. The molecule has 0 amide bonds. The van der Waals surface area contributed by atoms with Crippen molar-refractivity contribution in [3.63, 3.8) is 0 Å². The third-order valence-corrected chi connectivity index (χ3v) is 5.54. The number of fused-ring (bicyclic) bond motifs is 3. The van der Waals surface area contributed by atoms with E-state index in [2.05, 4.69) is 4.98 Å². The maximum Gasteiger partial charge on any atom is 0.332 e. The lowest BCUT2D eigenvalue weighted by atomic mass is 10.2. The normalized spacial score (nSPS) is 13.4. The Morgan fingerprint density at radius 3 is 2.52 bits per heavy atom. The Morgan fingerprint density at radius 2 is 1.77 bits per heavy atom. The van der Waals surface area contributed by atoms with Gasteiger partial charge >= 0.3 is 5.69 Å². The molecule has 0 saturated heterocycles. The van der Waals surface area contributed by atoms with Crippen LogP contribution in [0.15, 0.2) is 70.3 Å². The minimum atomic E-state index is -0.416. The number of benzene rings is 2. The molecule has 31 heavy (non-hydrogen) atoms. The minimum Gasteiger partial charge on any atom is -0.310 e. The van der Waals surface area contributed by atoms with Gasteiger partial charge in [-0.05, 0) is 29.8 Å². The van der Waals surface area contributed by atoms with Gasteiger partial charge in [0.15, 0.2) is 11.2 Å². The van der Waals surface area contributed by atoms with Gasteiger partial charge in [-0.2, -0.15) is 4.98 Å². The van der Waals surface area contributed by atoms with E-state index >= 15 is 0 Å². The molecular weight excluding hydrogens is 397 g/mol. The largest absolute Gasteiger partial charge is 0.332 e. The van der Waals surface area contributed by atoms with Gasteiger partial charge < -0.3 is 9.47 Å². The summed E-state index contributed by atoms with van der Waals surface area (Å²) < 4.78 is 17.8. The molecule has 0 bridgehead atoms. The smallest absolute Gasteiger partial charge is 0.310 e. The average molecular weight is 417 g/mol. The number of allylic oxidation sites excluding steroid dienone is 1. The third kappa shape index (κ3) is 3.16. The summed E-state index contributed by atoms with van der Waals surface area (Å²) >= 11 is 0. The van der Waals surface area contributed by atoms with Crippen LogP contribution in [0.5, 0.6) is 0 Å². The van der Waals surface area contributed by atoms with Crippen LogP contribution in [0.3, 0.4) is 0 Å². The molecule has 0 spiro atoms. The van der Waals surface area contributed by atoms with Crippen LogP contribution < -0.4 is 16.1 Å². The first-order chi connectivity index (χ1) is 15.0. The fourth-order valence-electron chi connectivity index (χ4n) is 3.96. The van der Waals surface area contributed by atoms with E-state index in [1.165, 1.54) is 21.3 Å². The number of aryl methyl sites for hydroxylation is 1. The molecule has 0 radical (unpaired) electrons. The highest BCUT2D eigenvalue weighted by molar-refractivity contribution is 5.77. The molecule has 3 heterocycles. The number of aromatic nitrogens is 4. The maximum atomic E-state index is 13.3. The van der Waals surface area contributed by atoms with Crippen molar-refractivity contribution in [1.29, 1.82) is 0 Å². The predicted octanol–water partition coefficient (Wildman–Crippen LogP) is 2.90. The monoisotopic (exact) mass is 417 g/mol. The molecule has 7 nitrogen and oxygen atoms in total. The van der Waals surface area contributed by atoms with Crippen LogP contribution in [-0.2, 0) is 20.1 Å². The van der Waals surface area contributed by atoms with Gasteiger partial charge in [-0.1, -0.05) is 42.5 Å². The van der Waals surface area contributed by atoms with Gasteiger partial charge in [0, 0.05) is 32.4 Å². The lowest BCUT2D eigenvalue weighted by Gasteiger charge is -2.15. The van der Waals surface area contributed by atoms with E-state index in [1.807, 2.05) is 45.9 Å². The Bertz CT molecular complexity index is 1420. The quantitative estimate of drug-likeness (QED) is 0.512. The molecule has 0 unspecified atom stereocenters. The van der Waals surface area contributed by atoms with Crippen LogP contribution in [0.25, 0.3) is 17.2 Å². The molecule has 156 valence electrons. The Labute approximate surface area is 176 Å². The van der Waals surface area contributed by atoms with Gasteiger partial charge in [0.2, 0.25) is 5.95 Å². The van der Waals surface area contributed by atoms with Gasteiger partial charge in [-0.25, -0.2) is 9.18 Å². The highest BCUT2D eigenvalue weighted by Gasteiger charge is 2.28. The van der Waals surface area contributed by atoms with Crippen molar-refractivity contribution in [1.82, 2.24) is 18.7 Å². The fourth-order valence-corrected chi connectivity index (χ4v) is 3.96. The van der Waals surface area contributed by atoms with E-state index in [-0.39, 0.29) is 17.9 Å². The predicted molar refractivity (Wildman–Crippen MR) is 118 cm³/mol. The summed E-state index contributed by atoms with van der Waals surface area (Å²) in [5, 5.41) is 0. The zero-order valence-electron chi connectivity index (χ0n) is 16.9. The van der Waals surface area contributed by atoms with Crippen molar-refractivity contribution in [3.8, 4) is 0 Å². The highest BCUT2D eigenvalue weighted by Crippen LogP contribution is 2.31. The van der Waals surface area contributed by atoms with Gasteiger partial charge in [0.1, 0.15) is 5.82 Å². The molecule has 2 aromatic carbocycles. The third-order valence-electron chi connectivity index (χ3n) is 5.54. The lowest BCUT2D eigenvalue weighted by molar-refractivity contribution is 0.628. The zero-order valence-corrected chi connectivity index (χ0v) is 16.9. The number of imidazole rings is 1. The molecule has 0 fully saturated rings. The Hall–Kier alpha value is -3.94. The van der Waals surface area contributed by atoms with Gasteiger partial charge in [0.25, 0.3) is 5.56 Å². The average Bonchev–Trinajstić information content (AvgIpc) is 3.35. The summed E-state index contributed by atoms with van der Waals surface area (Å²) in [7, 11) is 1.62. The summed E-state index contributed by atoms with van der Waals surface area (Å²) in [5.41, 5.74) is 1.74. The van der Waals surface area contributed by atoms with Crippen LogP contribution in [-0.4, -0.2) is 25.2 Å². The minimum absolute atomic E-state index is 0.165. The van der Waals surface area contributed by atoms with Crippen LogP contribution >= 0.6 is 0 Å². The van der Waals surface area contributed by atoms with E-state index in [4.69, 9.17) is 0 Å². The Balaban J connectivity index is 1.58. The number of rotatable bonds is 4. The summed E-state index contributed by atoms with van der Waals surface area (Å²) in [6.07, 6.45) is 3.68. The van der Waals surface area contributed by atoms with Crippen molar-refractivity contribution in [3.05, 3.63) is 92.9 Å². The summed E-state index contributed by atoms with van der Waals surface area (Å²) in [4.78, 5) is 32.6. The van der Waals surface area contributed by atoms with E-state index in [0.717, 1.165) is 11.3 Å². The lowest BCUT2D eigenvalue weighted by Crippen LogP contribution is -2.39. The second-order valence-corrected chi connectivity index (χ2v) is 7.43. The van der Waals surface area contributed by atoms with E-state index in [1.54, 1.807) is 25.3 Å². The molecule has 0 N–H and O–H groups in total. The fraction of sp³-hybridized carbons (Fsp3) is 0.174. The van der Waals surface area contributed by atoms with Crippen LogP contribution in [0.2, 0.25) is 0 Å². The molecule has 1 aliphatic rings. The first-order valence-corrected chi connectivity index (χ1v) is 9.99. The summed E-state index contributed by atoms with van der Waals surface area (Å²) in [5.74, 6) is 0.261. The van der Waals surface area contributed by atoms with Crippen molar-refractivity contribution in [2.24, 2.45) is 7.05 Å². The number of nitrogens with zero attached hydrogens (tertiary/aromatic N) is 5. The second kappa shape index (κ2) is 7.39. The standard InChI is InChI=1S/C23H20FN5O2/c1-26-20-19(21(30)29(23(26)31)13-5-8-16-6-3-2-4-7-16)28-15-14-27(22(28)25-20)18-11-9-17(24)10-12-18/h2-12H,13-15H2,1H3/b8-5+. The van der Waals surface area contributed by atoms with Crippen LogP contribution in [0.1, 0.15) is 5.56 Å². The summed E-state index contributed by atoms with van der Waals surface area (Å²) in [6.45, 7) is 1.33. The molecular formula is C23H20FN5O2. The van der Waals surface area contributed by atoms with E-state index in [9.17, 15) is 14.0 Å². The van der Waals surface area contributed by atoms with Gasteiger partial charge in [-0.15, -0.1) is 0 Å². The molecule has 8 heteroatoms. The molecule has 0 aliphatic carbocycles. The van der Waals surface area contributed by atoms with Crippen LogP contribution in [0, 0.1) is 5.82 Å². The number of hydrogen-bond acceptors (Lipinski definition) is 4. The SMILES string of the molecule is Cn1c(=O)n(C/C=C/c2ccccc2)c(=O)c2c1nc1n2CCN1c1ccc(F)cc1. The van der Waals surface area contributed by atoms with Crippen LogP contribution in [0.4, 0.5) is 16.0 Å². The first kappa shape index (κ1) is 19.0. The Morgan fingerprint density at radius 1 is 1.03 bits per heavy atom. The zero-order chi connectivity index (χ0) is 21.5. The number of halogens is 1. The summed E-state index contributed by atoms with van der Waals surface area (Å²) in [6, 6.07) is 15.8. The van der Waals surface area contributed by atoms with Gasteiger partial charge in [-0.3, -0.25) is 13.9 Å². The van der Waals surface area contributed by atoms with E-state index < -0.39 is 5.69 Å². The first-order valence-electron chi connectivity index (χ1n) is 9.99. The highest BCUT2D eigenvalue weighted by atomic mass is 19.1. The van der Waals surface area contributed by atoms with Gasteiger partial charge in [0.05, 0.1) is 0 Å². The maximum absolute atomic E-state index is 13.3. The number of anilines is 2. The molecule has 4 aromatic rings. The van der Waals surface area contributed by atoms with E-state index in [0.29, 0.717) is 30.2 Å². The Kier molecular flexibility index (Phi) is 4.54. The van der Waals surface area contributed by atoms with Crippen molar-refractivity contribution < 1.29 is 4.39 Å². The second-order valence-electron chi connectivity index (χ2n) is 7.43. The molecule has 0 saturated carbocycles. The van der Waals surface area contributed by atoms with Crippen molar-refractivity contribution in [2.75, 3.05) is 11.4 Å². The molecule has 2 aromatic heterocycles. The van der Waals surface area contributed by atoms with Crippen molar-refractivity contribution >= 4 is 28.9 Å². The molecule has 0 atom stereocenters. The molecule has 5 rings (SSSR count).